The Bertz CT molecular complexity index is 390. The molecule has 0 aliphatic carbocycles. The average Bonchev–Trinajstić information content (AvgIpc) is 2.73. The second-order valence-electron chi connectivity index (χ2n) is 3.02. The van der Waals surface area contributed by atoms with Crippen LogP contribution in [0.25, 0.3) is 0 Å². The zero-order valence-electron chi connectivity index (χ0n) is 9.20. The molecule has 1 amide bonds. The van der Waals surface area contributed by atoms with Crippen molar-refractivity contribution < 1.29 is 23.5 Å². The van der Waals surface area contributed by atoms with E-state index in [0.29, 0.717) is 17.8 Å². The van der Waals surface area contributed by atoms with Gasteiger partial charge in [-0.1, -0.05) is 0 Å². The minimum Gasteiger partial charge on any atom is -0.450 e. The van der Waals surface area contributed by atoms with Crippen LogP contribution in [0, 0.1) is 0 Å². The van der Waals surface area contributed by atoms with E-state index in [0.717, 1.165) is 0 Å². The molecule has 6 nitrogen and oxygen atoms in total. The maximum absolute atomic E-state index is 11.4. The fraction of sp³-hybridized carbons (Fsp3) is 0.400. The molecule has 0 radical (unpaired) electrons. The van der Waals surface area contributed by atoms with Crippen LogP contribution in [0.2, 0.25) is 0 Å². The number of carbonyl (C=O) groups is 2. The Morgan fingerprint density at radius 3 is 2.82 bits per heavy atom. The molecular formula is C10H12BrNO5. The molecule has 1 aromatic rings. The number of amides is 1. The van der Waals surface area contributed by atoms with Gasteiger partial charge in [-0.15, -0.1) is 0 Å². The lowest BCUT2D eigenvalue weighted by molar-refractivity contribution is -0.124. The predicted molar refractivity (Wildman–Crippen MR) is 61.6 cm³/mol. The molecule has 94 valence electrons. The summed E-state index contributed by atoms with van der Waals surface area (Å²) >= 11 is 3.05. The Hall–Kier alpha value is -1.34. The lowest BCUT2D eigenvalue weighted by Gasteiger charge is -2.04. The number of furan rings is 1. The fourth-order valence-electron chi connectivity index (χ4n) is 0.970. The van der Waals surface area contributed by atoms with Crippen molar-refractivity contribution in [2.45, 2.75) is 0 Å². The monoisotopic (exact) mass is 305 g/mol. The second-order valence-corrected chi connectivity index (χ2v) is 3.80. The number of hydrogen-bond acceptors (Lipinski definition) is 5. The van der Waals surface area contributed by atoms with Gasteiger partial charge in [-0.05, 0) is 28.1 Å². The van der Waals surface area contributed by atoms with Crippen LogP contribution in [0.5, 0.6) is 0 Å². The van der Waals surface area contributed by atoms with E-state index in [1.807, 2.05) is 0 Å². The zero-order valence-corrected chi connectivity index (χ0v) is 10.8. The fourth-order valence-corrected chi connectivity index (χ4v) is 1.28. The normalized spacial score (nSPS) is 10.0. The van der Waals surface area contributed by atoms with Gasteiger partial charge in [0.1, 0.15) is 0 Å². The quantitative estimate of drug-likeness (QED) is 0.626. The number of nitrogens with one attached hydrogen (secondary N) is 1. The van der Waals surface area contributed by atoms with E-state index in [2.05, 4.69) is 21.2 Å². The summed E-state index contributed by atoms with van der Waals surface area (Å²) in [5.74, 6) is -1.03. The molecule has 0 aliphatic rings. The van der Waals surface area contributed by atoms with Gasteiger partial charge < -0.3 is 19.2 Å². The maximum Gasteiger partial charge on any atom is 0.374 e. The summed E-state index contributed by atoms with van der Waals surface area (Å²) < 4.78 is 14.9. The van der Waals surface area contributed by atoms with Gasteiger partial charge in [-0.2, -0.15) is 0 Å². The van der Waals surface area contributed by atoms with Gasteiger partial charge in [0, 0.05) is 13.7 Å². The van der Waals surface area contributed by atoms with E-state index in [1.54, 1.807) is 6.07 Å². The zero-order chi connectivity index (χ0) is 12.7. The maximum atomic E-state index is 11.4. The van der Waals surface area contributed by atoms with Crippen LogP contribution in [0.4, 0.5) is 0 Å². The number of halogens is 1. The van der Waals surface area contributed by atoms with Crippen LogP contribution in [0.1, 0.15) is 10.6 Å². The van der Waals surface area contributed by atoms with Crippen molar-refractivity contribution in [3.05, 3.63) is 22.6 Å². The summed E-state index contributed by atoms with van der Waals surface area (Å²) in [6, 6.07) is 3.02. The molecule has 0 bridgehead atoms. The van der Waals surface area contributed by atoms with Crippen molar-refractivity contribution in [1.29, 1.82) is 0 Å². The number of ether oxygens (including phenoxy) is 2. The number of methoxy groups -OCH3 is 1. The van der Waals surface area contributed by atoms with Gasteiger partial charge in [0.15, 0.2) is 11.3 Å². The molecule has 17 heavy (non-hydrogen) atoms. The summed E-state index contributed by atoms with van der Waals surface area (Å²) in [4.78, 5) is 22.5. The lowest BCUT2D eigenvalue weighted by atomic mass is 10.4. The molecule has 1 aromatic heterocycles. The first-order valence-electron chi connectivity index (χ1n) is 4.81. The first-order valence-corrected chi connectivity index (χ1v) is 5.61. The van der Waals surface area contributed by atoms with Crippen molar-refractivity contribution >= 4 is 27.8 Å². The molecule has 0 atom stereocenters. The van der Waals surface area contributed by atoms with Crippen molar-refractivity contribution in [3.8, 4) is 0 Å². The average molecular weight is 306 g/mol. The summed E-state index contributed by atoms with van der Waals surface area (Å²) in [6.45, 7) is 0.435. The van der Waals surface area contributed by atoms with Gasteiger partial charge in [0.2, 0.25) is 5.76 Å². The Morgan fingerprint density at radius 2 is 2.24 bits per heavy atom. The van der Waals surface area contributed by atoms with Crippen LogP contribution in [-0.4, -0.2) is 38.7 Å². The molecule has 0 unspecified atom stereocenters. The third-order valence-corrected chi connectivity index (χ3v) is 2.16. The van der Waals surface area contributed by atoms with E-state index in [9.17, 15) is 9.59 Å². The molecule has 1 N–H and O–H groups in total. The third kappa shape index (κ3) is 5.01. The third-order valence-electron chi connectivity index (χ3n) is 1.74. The van der Waals surface area contributed by atoms with Gasteiger partial charge in [0.05, 0.1) is 6.61 Å². The van der Waals surface area contributed by atoms with E-state index >= 15 is 0 Å². The SMILES string of the molecule is COCCNC(=O)COC(=O)c1ccc(Br)o1. The summed E-state index contributed by atoms with van der Waals surface area (Å²) in [6.07, 6.45) is 0. The number of rotatable bonds is 6. The van der Waals surface area contributed by atoms with Crippen molar-refractivity contribution in [1.82, 2.24) is 5.32 Å². The highest BCUT2D eigenvalue weighted by Crippen LogP contribution is 2.14. The van der Waals surface area contributed by atoms with Gasteiger partial charge >= 0.3 is 5.97 Å². The highest BCUT2D eigenvalue weighted by Gasteiger charge is 2.13. The molecular weight excluding hydrogens is 294 g/mol. The molecule has 0 saturated heterocycles. The first-order chi connectivity index (χ1) is 8.13. The van der Waals surface area contributed by atoms with Gasteiger partial charge in [0.25, 0.3) is 5.91 Å². The summed E-state index contributed by atoms with van der Waals surface area (Å²) in [7, 11) is 1.53. The number of hydrogen-bond donors (Lipinski definition) is 1. The molecule has 0 saturated carbocycles. The highest BCUT2D eigenvalue weighted by atomic mass is 79.9. The van der Waals surface area contributed by atoms with Crippen LogP contribution in [0.15, 0.2) is 21.2 Å². The van der Waals surface area contributed by atoms with Crippen molar-refractivity contribution in [2.75, 3.05) is 26.9 Å². The Morgan fingerprint density at radius 1 is 1.47 bits per heavy atom. The molecule has 1 heterocycles. The lowest BCUT2D eigenvalue weighted by Crippen LogP contribution is -2.31. The van der Waals surface area contributed by atoms with E-state index in [1.165, 1.54) is 13.2 Å². The molecule has 0 fully saturated rings. The van der Waals surface area contributed by atoms with Gasteiger partial charge in [-0.3, -0.25) is 4.79 Å². The van der Waals surface area contributed by atoms with Crippen LogP contribution >= 0.6 is 15.9 Å². The number of carbonyl (C=O) groups excluding carboxylic acids is 2. The highest BCUT2D eigenvalue weighted by molar-refractivity contribution is 9.10. The smallest absolute Gasteiger partial charge is 0.374 e. The molecule has 1 rings (SSSR count). The van der Waals surface area contributed by atoms with Gasteiger partial charge in [-0.25, -0.2) is 4.79 Å². The Kier molecular flexibility index (Phi) is 5.71. The minimum atomic E-state index is -0.683. The van der Waals surface area contributed by atoms with Crippen LogP contribution < -0.4 is 5.32 Å². The molecule has 0 spiro atoms. The topological polar surface area (TPSA) is 77.8 Å². The number of esters is 1. The largest absolute Gasteiger partial charge is 0.450 e. The minimum absolute atomic E-state index is 0.0431. The van der Waals surface area contributed by atoms with Crippen molar-refractivity contribution in [2.24, 2.45) is 0 Å². The van der Waals surface area contributed by atoms with E-state index in [4.69, 9.17) is 13.9 Å². The molecule has 0 aromatic carbocycles. The Labute approximate surface area is 106 Å². The first kappa shape index (κ1) is 13.7. The summed E-state index contributed by atoms with van der Waals surface area (Å²) in [5.41, 5.74) is 0. The van der Waals surface area contributed by atoms with Crippen LogP contribution in [-0.2, 0) is 14.3 Å². The van der Waals surface area contributed by atoms with Crippen molar-refractivity contribution in [3.63, 3.8) is 0 Å². The van der Waals surface area contributed by atoms with E-state index in [-0.39, 0.29) is 18.3 Å². The van der Waals surface area contributed by atoms with Crippen LogP contribution in [0.3, 0.4) is 0 Å². The summed E-state index contributed by atoms with van der Waals surface area (Å²) in [5, 5.41) is 2.51. The second kappa shape index (κ2) is 7.08. The standard InChI is InChI=1S/C10H12BrNO5/c1-15-5-4-12-9(13)6-16-10(14)7-2-3-8(11)17-7/h2-3H,4-6H2,1H3,(H,12,13). The van der Waals surface area contributed by atoms with E-state index < -0.39 is 5.97 Å². The Balaban J connectivity index is 2.26. The molecule has 0 aliphatic heterocycles. The molecule has 7 heteroatoms. The predicted octanol–water partition coefficient (Wildman–Crippen LogP) is 0.961.